The zero-order valence-electron chi connectivity index (χ0n) is 21.9. The lowest BCUT2D eigenvalue weighted by Crippen LogP contribution is -2.26. The number of nitro benzene ring substituents is 1. The molecular formula is C29H34N4O4. The molecule has 1 atom stereocenters. The molecule has 1 N–H and O–H groups in total. The standard InChI is InChI=1S/C29H34N4O4/c1-5-32(6-2)15-14-21(20-10-8-7-9-11-20)19-30-29-23-13-12-22(33(34)35)16-25(23)31-26-18-28(37-4)27(36-3)17-24(26)29/h7-13,16-18,21H,5-6,14-15,19H2,1-4H3,(H,30,31)/t21-/m1/s1. The second kappa shape index (κ2) is 11.9. The van der Waals surface area contributed by atoms with Gasteiger partial charge in [0.05, 0.1) is 35.9 Å². The van der Waals surface area contributed by atoms with Gasteiger partial charge in [-0.15, -0.1) is 0 Å². The van der Waals surface area contributed by atoms with Gasteiger partial charge in [0.25, 0.3) is 5.69 Å². The third-order valence-corrected chi connectivity index (χ3v) is 6.96. The summed E-state index contributed by atoms with van der Waals surface area (Å²) >= 11 is 0. The Morgan fingerprint density at radius 3 is 2.27 bits per heavy atom. The number of hydrogen-bond acceptors (Lipinski definition) is 7. The van der Waals surface area contributed by atoms with Crippen molar-refractivity contribution >= 4 is 33.2 Å². The minimum absolute atomic E-state index is 0.00663. The van der Waals surface area contributed by atoms with E-state index in [2.05, 4.69) is 48.3 Å². The maximum Gasteiger partial charge on any atom is 0.271 e. The summed E-state index contributed by atoms with van der Waals surface area (Å²) in [6.07, 6.45) is 1.00. The first kappa shape index (κ1) is 26.2. The van der Waals surface area contributed by atoms with Gasteiger partial charge in [-0.3, -0.25) is 10.1 Å². The molecule has 8 nitrogen and oxygen atoms in total. The number of nitro groups is 1. The number of pyridine rings is 1. The molecule has 0 saturated carbocycles. The van der Waals surface area contributed by atoms with E-state index in [1.807, 2.05) is 18.2 Å². The maximum absolute atomic E-state index is 11.4. The Kier molecular flexibility index (Phi) is 8.40. The molecule has 4 rings (SSSR count). The highest BCUT2D eigenvalue weighted by atomic mass is 16.6. The second-order valence-electron chi connectivity index (χ2n) is 8.97. The summed E-state index contributed by atoms with van der Waals surface area (Å²) in [5.41, 5.74) is 3.38. The molecule has 0 spiro atoms. The van der Waals surface area contributed by atoms with E-state index < -0.39 is 4.92 Å². The molecule has 0 bridgehead atoms. The number of aromatic nitrogens is 1. The zero-order valence-corrected chi connectivity index (χ0v) is 21.9. The molecule has 0 aliphatic heterocycles. The van der Waals surface area contributed by atoms with Crippen LogP contribution in [0.1, 0.15) is 31.7 Å². The lowest BCUT2D eigenvalue weighted by molar-refractivity contribution is -0.384. The van der Waals surface area contributed by atoms with Crippen LogP contribution >= 0.6 is 0 Å². The summed E-state index contributed by atoms with van der Waals surface area (Å²) < 4.78 is 11.1. The molecular weight excluding hydrogens is 468 g/mol. The monoisotopic (exact) mass is 502 g/mol. The van der Waals surface area contributed by atoms with E-state index in [4.69, 9.17) is 14.5 Å². The van der Waals surface area contributed by atoms with Crippen molar-refractivity contribution in [3.63, 3.8) is 0 Å². The van der Waals surface area contributed by atoms with Gasteiger partial charge in [0.15, 0.2) is 11.5 Å². The van der Waals surface area contributed by atoms with Crippen LogP contribution in [0.2, 0.25) is 0 Å². The fourth-order valence-electron chi connectivity index (χ4n) is 4.78. The van der Waals surface area contributed by atoms with Crippen LogP contribution in [0.5, 0.6) is 11.5 Å². The highest BCUT2D eigenvalue weighted by Gasteiger charge is 2.19. The summed E-state index contributed by atoms with van der Waals surface area (Å²) in [5, 5.41) is 16.8. The molecule has 0 aliphatic rings. The van der Waals surface area contributed by atoms with Crippen LogP contribution in [0.4, 0.5) is 11.4 Å². The molecule has 37 heavy (non-hydrogen) atoms. The molecule has 0 radical (unpaired) electrons. The number of non-ortho nitro benzene ring substituents is 1. The van der Waals surface area contributed by atoms with E-state index in [-0.39, 0.29) is 11.6 Å². The van der Waals surface area contributed by atoms with E-state index in [0.717, 1.165) is 42.5 Å². The van der Waals surface area contributed by atoms with Crippen LogP contribution in [-0.2, 0) is 0 Å². The topological polar surface area (TPSA) is 89.8 Å². The van der Waals surface area contributed by atoms with Crippen molar-refractivity contribution in [2.45, 2.75) is 26.2 Å². The molecule has 8 heteroatoms. The molecule has 4 aromatic rings. The Morgan fingerprint density at radius 2 is 1.62 bits per heavy atom. The smallest absolute Gasteiger partial charge is 0.271 e. The first-order valence-corrected chi connectivity index (χ1v) is 12.6. The van der Waals surface area contributed by atoms with Crippen LogP contribution in [0.25, 0.3) is 21.8 Å². The van der Waals surface area contributed by atoms with Gasteiger partial charge in [-0.1, -0.05) is 44.2 Å². The van der Waals surface area contributed by atoms with Crippen molar-refractivity contribution in [2.24, 2.45) is 0 Å². The molecule has 0 saturated heterocycles. The van der Waals surface area contributed by atoms with E-state index in [1.54, 1.807) is 20.3 Å². The molecule has 3 aromatic carbocycles. The minimum atomic E-state index is -0.397. The SMILES string of the molecule is CCN(CC)CC[C@H](CNc1c2ccc([N+](=O)[O-])cc2nc2cc(OC)c(OC)cc12)c1ccccc1. The van der Waals surface area contributed by atoms with Crippen molar-refractivity contribution in [2.75, 3.05) is 45.7 Å². The molecule has 0 fully saturated rings. The van der Waals surface area contributed by atoms with Crippen molar-refractivity contribution in [3.8, 4) is 11.5 Å². The van der Waals surface area contributed by atoms with Crippen LogP contribution in [-0.4, -0.2) is 55.2 Å². The minimum Gasteiger partial charge on any atom is -0.493 e. The number of hydrogen-bond donors (Lipinski definition) is 1. The number of benzene rings is 3. The molecule has 0 aliphatic carbocycles. The average Bonchev–Trinajstić information content (AvgIpc) is 2.93. The Balaban J connectivity index is 1.79. The van der Waals surface area contributed by atoms with Gasteiger partial charge < -0.3 is 19.7 Å². The highest BCUT2D eigenvalue weighted by Crippen LogP contribution is 2.39. The summed E-state index contributed by atoms with van der Waals surface area (Å²) in [4.78, 5) is 18.2. The Labute approximate surface area is 217 Å². The Bertz CT molecular complexity index is 1370. The summed E-state index contributed by atoms with van der Waals surface area (Å²) in [6, 6.07) is 19.1. The molecule has 0 unspecified atom stereocenters. The van der Waals surface area contributed by atoms with Gasteiger partial charge >= 0.3 is 0 Å². The fraction of sp³-hybridized carbons (Fsp3) is 0.345. The molecule has 0 amide bonds. The first-order valence-electron chi connectivity index (χ1n) is 12.6. The van der Waals surface area contributed by atoms with Crippen molar-refractivity contribution in [1.82, 2.24) is 9.88 Å². The van der Waals surface area contributed by atoms with Gasteiger partial charge in [0.2, 0.25) is 0 Å². The number of rotatable bonds is 12. The van der Waals surface area contributed by atoms with Crippen molar-refractivity contribution < 1.29 is 14.4 Å². The fourth-order valence-corrected chi connectivity index (χ4v) is 4.78. The quantitative estimate of drug-likeness (QED) is 0.139. The van der Waals surface area contributed by atoms with Gasteiger partial charge in [-0.05, 0) is 43.8 Å². The Hall–Kier alpha value is -3.91. The van der Waals surface area contributed by atoms with E-state index in [1.165, 1.54) is 17.7 Å². The van der Waals surface area contributed by atoms with E-state index in [9.17, 15) is 10.1 Å². The van der Waals surface area contributed by atoms with Gasteiger partial charge in [-0.2, -0.15) is 0 Å². The number of methoxy groups -OCH3 is 2. The normalized spacial score (nSPS) is 12.1. The number of anilines is 1. The van der Waals surface area contributed by atoms with Crippen LogP contribution in [0.15, 0.2) is 60.7 Å². The van der Waals surface area contributed by atoms with E-state index >= 15 is 0 Å². The Morgan fingerprint density at radius 1 is 0.946 bits per heavy atom. The van der Waals surface area contributed by atoms with Crippen LogP contribution in [0, 0.1) is 10.1 Å². The first-order chi connectivity index (χ1) is 18.0. The predicted molar refractivity (Wildman–Crippen MR) is 149 cm³/mol. The van der Waals surface area contributed by atoms with E-state index in [0.29, 0.717) is 29.1 Å². The second-order valence-corrected chi connectivity index (χ2v) is 8.97. The van der Waals surface area contributed by atoms with Crippen LogP contribution in [0.3, 0.4) is 0 Å². The predicted octanol–water partition coefficient (Wildman–Crippen LogP) is 6.24. The third-order valence-electron chi connectivity index (χ3n) is 6.96. The number of fused-ring (bicyclic) bond motifs is 2. The van der Waals surface area contributed by atoms with Gasteiger partial charge in [0, 0.05) is 41.4 Å². The number of nitrogens with zero attached hydrogens (tertiary/aromatic N) is 3. The number of nitrogens with one attached hydrogen (secondary N) is 1. The van der Waals surface area contributed by atoms with Gasteiger partial charge in [0.1, 0.15) is 0 Å². The largest absolute Gasteiger partial charge is 0.493 e. The highest BCUT2D eigenvalue weighted by molar-refractivity contribution is 6.08. The average molecular weight is 503 g/mol. The summed E-state index contributed by atoms with van der Waals surface area (Å²) in [5.74, 6) is 1.43. The van der Waals surface area contributed by atoms with Crippen molar-refractivity contribution in [3.05, 3.63) is 76.3 Å². The zero-order chi connectivity index (χ0) is 26.4. The number of ether oxygens (including phenoxy) is 2. The van der Waals surface area contributed by atoms with Crippen LogP contribution < -0.4 is 14.8 Å². The summed E-state index contributed by atoms with van der Waals surface area (Å²) in [7, 11) is 3.18. The van der Waals surface area contributed by atoms with Gasteiger partial charge in [-0.25, -0.2) is 4.98 Å². The lowest BCUT2D eigenvalue weighted by atomic mass is 9.95. The molecule has 1 aromatic heterocycles. The third kappa shape index (κ3) is 5.75. The maximum atomic E-state index is 11.4. The van der Waals surface area contributed by atoms with Crippen molar-refractivity contribution in [1.29, 1.82) is 0 Å². The summed E-state index contributed by atoms with van der Waals surface area (Å²) in [6.45, 7) is 8.12. The molecule has 1 heterocycles. The lowest BCUT2D eigenvalue weighted by Gasteiger charge is -2.24. The molecule has 194 valence electrons.